The van der Waals surface area contributed by atoms with Crippen LogP contribution in [0.2, 0.25) is 0 Å². The highest BCUT2D eigenvalue weighted by Crippen LogP contribution is 2.27. The molecule has 1 aromatic carbocycles. The topological polar surface area (TPSA) is 52.6 Å². The highest BCUT2D eigenvalue weighted by molar-refractivity contribution is 6.00. The third-order valence-electron chi connectivity index (χ3n) is 4.51. The van der Waals surface area contributed by atoms with Gasteiger partial charge in [0.1, 0.15) is 5.54 Å². The molecule has 0 spiro atoms. The van der Waals surface area contributed by atoms with Gasteiger partial charge in [0.25, 0.3) is 5.91 Å². The molecule has 1 aromatic rings. The Balaban J connectivity index is 0.00000176. The summed E-state index contributed by atoms with van der Waals surface area (Å²) >= 11 is 0. The lowest BCUT2D eigenvalue weighted by Crippen LogP contribution is -2.63. The maximum Gasteiger partial charge on any atom is 0.254 e. The van der Waals surface area contributed by atoms with Crippen LogP contribution in [0.15, 0.2) is 18.2 Å². The number of carbonyl (C=O) groups is 2. The smallest absolute Gasteiger partial charge is 0.254 e. The van der Waals surface area contributed by atoms with Crippen LogP contribution in [0.5, 0.6) is 0 Å². The van der Waals surface area contributed by atoms with E-state index in [1.165, 1.54) is 5.56 Å². The van der Waals surface area contributed by atoms with E-state index in [-0.39, 0.29) is 24.2 Å². The van der Waals surface area contributed by atoms with Crippen molar-refractivity contribution in [2.45, 2.75) is 25.8 Å². The number of benzene rings is 1. The molecule has 0 radical (unpaired) electrons. The summed E-state index contributed by atoms with van der Waals surface area (Å²) in [5.41, 5.74) is 2.17. The molecule has 22 heavy (non-hydrogen) atoms. The molecule has 0 atom stereocenters. The van der Waals surface area contributed by atoms with E-state index in [1.54, 1.807) is 16.8 Å². The van der Waals surface area contributed by atoms with Crippen LogP contribution in [0.3, 0.4) is 0 Å². The van der Waals surface area contributed by atoms with Gasteiger partial charge in [-0.05, 0) is 44.0 Å². The minimum absolute atomic E-state index is 0. The molecule has 5 nitrogen and oxygen atoms in total. The van der Waals surface area contributed by atoms with E-state index in [0.29, 0.717) is 18.7 Å². The van der Waals surface area contributed by atoms with Crippen molar-refractivity contribution in [2.24, 2.45) is 0 Å². The molecule has 120 valence electrons. The first-order valence-electron chi connectivity index (χ1n) is 7.35. The number of piperazine rings is 1. The minimum Gasteiger partial charge on any atom is -0.384 e. The fourth-order valence-corrected chi connectivity index (χ4v) is 3.16. The highest BCUT2D eigenvalue weighted by Gasteiger charge is 2.43. The zero-order valence-electron chi connectivity index (χ0n) is 13.2. The summed E-state index contributed by atoms with van der Waals surface area (Å²) in [6.07, 6.45) is 0.946. The largest absolute Gasteiger partial charge is 0.384 e. The predicted octanol–water partition coefficient (Wildman–Crippen LogP) is 1.77. The molecule has 2 aliphatic heterocycles. The summed E-state index contributed by atoms with van der Waals surface area (Å²) in [6, 6.07) is 5.76. The first kappa shape index (κ1) is 16.6. The Morgan fingerprint density at radius 3 is 2.73 bits per heavy atom. The third kappa shape index (κ3) is 2.54. The third-order valence-corrected chi connectivity index (χ3v) is 4.51. The first-order valence-corrected chi connectivity index (χ1v) is 7.35. The van der Waals surface area contributed by atoms with Crippen molar-refractivity contribution in [2.75, 3.05) is 32.0 Å². The first-order chi connectivity index (χ1) is 9.91. The van der Waals surface area contributed by atoms with E-state index in [2.05, 4.69) is 5.32 Å². The van der Waals surface area contributed by atoms with Crippen LogP contribution in [0.4, 0.5) is 5.69 Å². The number of likely N-dealkylation sites (N-methyl/N-ethyl adjacent to an activating group) is 1. The molecule has 6 heteroatoms. The van der Waals surface area contributed by atoms with Gasteiger partial charge < -0.3 is 15.1 Å². The molecule has 2 aliphatic rings. The average Bonchev–Trinajstić information content (AvgIpc) is 2.91. The van der Waals surface area contributed by atoms with Crippen molar-refractivity contribution in [1.82, 2.24) is 9.80 Å². The quantitative estimate of drug-likeness (QED) is 0.857. The van der Waals surface area contributed by atoms with Gasteiger partial charge in [0.05, 0.1) is 0 Å². The normalized spacial score (nSPS) is 19.3. The Kier molecular flexibility index (Phi) is 4.38. The maximum atomic E-state index is 12.8. The second kappa shape index (κ2) is 5.80. The molecule has 0 aromatic heterocycles. The van der Waals surface area contributed by atoms with Crippen molar-refractivity contribution in [3.63, 3.8) is 0 Å². The summed E-state index contributed by atoms with van der Waals surface area (Å²) in [7, 11) is 1.78. The van der Waals surface area contributed by atoms with Crippen LogP contribution in [-0.4, -0.2) is 53.8 Å². The number of halogens is 1. The number of amides is 2. The van der Waals surface area contributed by atoms with Crippen LogP contribution < -0.4 is 5.32 Å². The van der Waals surface area contributed by atoms with Gasteiger partial charge in [-0.1, -0.05) is 0 Å². The van der Waals surface area contributed by atoms with Gasteiger partial charge in [0.15, 0.2) is 0 Å². The van der Waals surface area contributed by atoms with Crippen molar-refractivity contribution >= 4 is 29.9 Å². The molecule has 1 N–H and O–H groups in total. The Bertz CT molecular complexity index is 615. The van der Waals surface area contributed by atoms with Crippen LogP contribution >= 0.6 is 12.4 Å². The number of carbonyl (C=O) groups excluding carboxylic acids is 2. The monoisotopic (exact) mass is 323 g/mol. The van der Waals surface area contributed by atoms with Gasteiger partial charge in [-0.3, -0.25) is 9.59 Å². The molecule has 2 heterocycles. The van der Waals surface area contributed by atoms with Crippen LogP contribution in [0, 0.1) is 0 Å². The molecule has 1 saturated heterocycles. The molecular weight excluding hydrogens is 302 g/mol. The molecule has 1 fully saturated rings. The van der Waals surface area contributed by atoms with Gasteiger partial charge in [-0.25, -0.2) is 0 Å². The minimum atomic E-state index is -0.790. The zero-order chi connectivity index (χ0) is 15.2. The van der Waals surface area contributed by atoms with Crippen molar-refractivity contribution < 1.29 is 9.59 Å². The maximum absolute atomic E-state index is 12.8. The summed E-state index contributed by atoms with van der Waals surface area (Å²) < 4.78 is 0. The van der Waals surface area contributed by atoms with Crippen molar-refractivity contribution in [3.05, 3.63) is 29.3 Å². The van der Waals surface area contributed by atoms with Gasteiger partial charge >= 0.3 is 0 Å². The lowest BCUT2D eigenvalue weighted by atomic mass is 9.96. The van der Waals surface area contributed by atoms with E-state index >= 15 is 0 Å². The van der Waals surface area contributed by atoms with Crippen LogP contribution in [0.25, 0.3) is 0 Å². The number of hydrogen-bond acceptors (Lipinski definition) is 3. The number of rotatable bonds is 1. The number of nitrogens with one attached hydrogen (secondary N) is 1. The molecular formula is C16H22ClN3O2. The lowest BCUT2D eigenvalue weighted by Gasteiger charge is -2.44. The highest BCUT2D eigenvalue weighted by atomic mass is 35.5. The Labute approximate surface area is 137 Å². The predicted molar refractivity (Wildman–Crippen MR) is 88.6 cm³/mol. The molecule has 0 aliphatic carbocycles. The Morgan fingerprint density at radius 2 is 2.00 bits per heavy atom. The van der Waals surface area contributed by atoms with Crippen LogP contribution in [-0.2, 0) is 11.2 Å². The van der Waals surface area contributed by atoms with E-state index in [1.807, 2.05) is 32.0 Å². The standard InChI is InChI=1S/C16H21N3O2.ClH/c1-16(2)15(21)18(3)8-9-19(16)14(20)12-4-5-13-11(10-12)6-7-17-13;/h4-5,10,17H,6-9H2,1-3H3;1H. The summed E-state index contributed by atoms with van der Waals surface area (Å²) in [4.78, 5) is 28.5. The Hall–Kier alpha value is -1.75. The average molecular weight is 324 g/mol. The summed E-state index contributed by atoms with van der Waals surface area (Å²) in [5, 5.41) is 3.29. The second-order valence-corrected chi connectivity index (χ2v) is 6.29. The molecule has 0 unspecified atom stereocenters. The van der Waals surface area contributed by atoms with Gasteiger partial charge in [-0.2, -0.15) is 0 Å². The number of hydrogen-bond donors (Lipinski definition) is 1. The fourth-order valence-electron chi connectivity index (χ4n) is 3.16. The molecule has 0 bridgehead atoms. The number of anilines is 1. The fraction of sp³-hybridized carbons (Fsp3) is 0.500. The van der Waals surface area contributed by atoms with E-state index in [9.17, 15) is 9.59 Å². The van der Waals surface area contributed by atoms with Crippen molar-refractivity contribution in [1.29, 1.82) is 0 Å². The molecule has 0 saturated carbocycles. The Morgan fingerprint density at radius 1 is 1.27 bits per heavy atom. The van der Waals surface area contributed by atoms with Gasteiger partial charge in [-0.15, -0.1) is 12.4 Å². The van der Waals surface area contributed by atoms with E-state index in [4.69, 9.17) is 0 Å². The summed E-state index contributed by atoms with van der Waals surface area (Å²) in [5.74, 6) is -0.0684. The number of nitrogens with zero attached hydrogens (tertiary/aromatic N) is 2. The van der Waals surface area contributed by atoms with Gasteiger partial charge in [0, 0.05) is 37.9 Å². The number of fused-ring (bicyclic) bond motifs is 1. The molecule has 3 rings (SSSR count). The van der Waals surface area contributed by atoms with E-state index in [0.717, 1.165) is 18.7 Å². The van der Waals surface area contributed by atoms with E-state index < -0.39 is 5.54 Å². The zero-order valence-corrected chi connectivity index (χ0v) is 14.0. The second-order valence-electron chi connectivity index (χ2n) is 6.29. The van der Waals surface area contributed by atoms with Crippen LogP contribution in [0.1, 0.15) is 29.8 Å². The SMILES string of the molecule is CN1CCN(C(=O)c2ccc3c(c2)CCN3)C(C)(C)C1=O.Cl. The summed E-state index contributed by atoms with van der Waals surface area (Å²) in [6.45, 7) is 5.71. The van der Waals surface area contributed by atoms with Gasteiger partial charge in [0.2, 0.25) is 5.91 Å². The molecule has 2 amide bonds. The van der Waals surface area contributed by atoms with Crippen molar-refractivity contribution in [3.8, 4) is 0 Å². The lowest BCUT2D eigenvalue weighted by molar-refractivity contribution is -0.144.